The number of amides is 1. The summed E-state index contributed by atoms with van der Waals surface area (Å²) in [4.78, 5) is 37.1. The predicted octanol–water partition coefficient (Wildman–Crippen LogP) is 4.78. The van der Waals surface area contributed by atoms with Gasteiger partial charge in [0.25, 0.3) is 0 Å². The number of aldehydes is 1. The van der Waals surface area contributed by atoms with Crippen LogP contribution in [0.4, 0.5) is 4.79 Å². The van der Waals surface area contributed by atoms with Crippen molar-refractivity contribution >= 4 is 29.9 Å². The molecular weight excluding hydrogens is 406 g/mol. The maximum absolute atomic E-state index is 13.3. The number of benzene rings is 2. The molecule has 7 heteroatoms. The second-order valence-corrected chi connectivity index (χ2v) is 8.25. The Morgan fingerprint density at radius 1 is 1.07 bits per heavy atom. The normalized spacial score (nSPS) is 13.1. The highest BCUT2D eigenvalue weighted by Gasteiger charge is 2.44. The summed E-state index contributed by atoms with van der Waals surface area (Å²) in [5.41, 5.74) is -1.22. The zero-order valence-corrected chi connectivity index (χ0v) is 18.1. The van der Waals surface area contributed by atoms with Crippen molar-refractivity contribution in [3.63, 3.8) is 0 Å². The van der Waals surface area contributed by atoms with Gasteiger partial charge in [-0.05, 0) is 50.5 Å². The summed E-state index contributed by atoms with van der Waals surface area (Å²) >= 11 is 6.14. The number of rotatable bonds is 8. The molecule has 6 nitrogen and oxygen atoms in total. The van der Waals surface area contributed by atoms with Crippen LogP contribution < -0.4 is 5.32 Å². The number of carbonyl (C=O) groups is 3. The largest absolute Gasteiger partial charge is 0.459 e. The molecule has 0 bridgehead atoms. The summed E-state index contributed by atoms with van der Waals surface area (Å²) < 4.78 is 10.9. The summed E-state index contributed by atoms with van der Waals surface area (Å²) in [5.74, 6) is -0.707. The number of hydrogen-bond acceptors (Lipinski definition) is 5. The highest BCUT2D eigenvalue weighted by molar-refractivity contribution is 6.30. The fourth-order valence-corrected chi connectivity index (χ4v) is 3.09. The van der Waals surface area contributed by atoms with E-state index >= 15 is 0 Å². The minimum absolute atomic E-state index is 0.0102. The van der Waals surface area contributed by atoms with E-state index in [4.69, 9.17) is 21.1 Å². The Hall–Kier alpha value is -2.86. The van der Waals surface area contributed by atoms with Crippen LogP contribution in [-0.2, 0) is 31.2 Å². The van der Waals surface area contributed by atoms with E-state index in [9.17, 15) is 14.4 Å². The van der Waals surface area contributed by atoms with E-state index < -0.39 is 23.2 Å². The first-order valence-corrected chi connectivity index (χ1v) is 9.96. The number of esters is 1. The molecule has 0 aliphatic carbocycles. The van der Waals surface area contributed by atoms with E-state index in [0.717, 1.165) is 5.56 Å². The summed E-state index contributed by atoms with van der Waals surface area (Å²) in [6, 6.07) is 15.7. The van der Waals surface area contributed by atoms with Crippen molar-refractivity contribution < 1.29 is 23.9 Å². The molecule has 2 rings (SSSR count). The van der Waals surface area contributed by atoms with Crippen LogP contribution in [0.1, 0.15) is 44.7 Å². The number of halogens is 1. The van der Waals surface area contributed by atoms with Crippen molar-refractivity contribution in [2.24, 2.45) is 0 Å². The number of ether oxygens (including phenoxy) is 2. The highest BCUT2D eigenvalue weighted by atomic mass is 35.5. The second-order valence-electron chi connectivity index (χ2n) is 7.81. The van der Waals surface area contributed by atoms with Crippen LogP contribution in [-0.4, -0.2) is 23.9 Å². The van der Waals surface area contributed by atoms with Crippen LogP contribution in [0.25, 0.3) is 0 Å². The van der Waals surface area contributed by atoms with Gasteiger partial charge in [0, 0.05) is 11.4 Å². The van der Waals surface area contributed by atoms with Crippen LogP contribution in [0.15, 0.2) is 54.6 Å². The molecule has 0 unspecified atom stereocenters. The third-order valence-corrected chi connectivity index (χ3v) is 4.47. The number of alkyl carbamates (subject to hydrolysis) is 1. The number of carbonyl (C=O) groups excluding carboxylic acids is 3. The summed E-state index contributed by atoms with van der Waals surface area (Å²) in [7, 11) is 0. The fourth-order valence-electron chi connectivity index (χ4n) is 2.90. The van der Waals surface area contributed by atoms with Crippen molar-refractivity contribution in [2.45, 2.75) is 51.4 Å². The lowest BCUT2D eigenvalue weighted by atomic mass is 9.85. The van der Waals surface area contributed by atoms with Crippen molar-refractivity contribution in [3.8, 4) is 0 Å². The minimum atomic E-state index is -1.64. The lowest BCUT2D eigenvalue weighted by Crippen LogP contribution is -2.53. The molecule has 2 aromatic rings. The molecule has 0 aliphatic heterocycles. The van der Waals surface area contributed by atoms with Crippen molar-refractivity contribution in [3.05, 3.63) is 70.7 Å². The Kier molecular flexibility index (Phi) is 8.00. The zero-order valence-electron chi connectivity index (χ0n) is 17.3. The van der Waals surface area contributed by atoms with Gasteiger partial charge in [0.2, 0.25) is 0 Å². The Bertz CT molecular complexity index is 879. The Labute approximate surface area is 181 Å². The van der Waals surface area contributed by atoms with E-state index in [-0.39, 0.29) is 19.4 Å². The first-order chi connectivity index (χ1) is 14.2. The van der Waals surface area contributed by atoms with Crippen LogP contribution in [0.2, 0.25) is 5.02 Å². The molecule has 1 atom stereocenters. The Balaban J connectivity index is 2.41. The van der Waals surface area contributed by atoms with E-state index in [1.165, 1.54) is 0 Å². The highest BCUT2D eigenvalue weighted by Crippen LogP contribution is 2.31. The third kappa shape index (κ3) is 6.59. The summed E-state index contributed by atoms with van der Waals surface area (Å²) in [6.07, 6.45) is -0.113. The molecule has 0 aliphatic rings. The molecule has 0 heterocycles. The molecular formula is C23H26ClNO5. The molecule has 2 aromatic carbocycles. The summed E-state index contributed by atoms with van der Waals surface area (Å²) in [5, 5.41) is 3.03. The van der Waals surface area contributed by atoms with Gasteiger partial charge in [0.05, 0.1) is 0 Å². The second kappa shape index (κ2) is 10.3. The van der Waals surface area contributed by atoms with E-state index in [1.807, 2.05) is 30.3 Å². The Morgan fingerprint density at radius 3 is 2.37 bits per heavy atom. The molecule has 0 spiro atoms. The van der Waals surface area contributed by atoms with Crippen molar-refractivity contribution in [1.82, 2.24) is 5.32 Å². The predicted molar refractivity (Wildman–Crippen MR) is 114 cm³/mol. The van der Waals surface area contributed by atoms with Gasteiger partial charge < -0.3 is 19.6 Å². The van der Waals surface area contributed by atoms with Gasteiger partial charge in [-0.15, -0.1) is 0 Å². The topological polar surface area (TPSA) is 81.7 Å². The molecule has 160 valence electrons. The lowest BCUT2D eigenvalue weighted by Gasteiger charge is -2.33. The van der Waals surface area contributed by atoms with Gasteiger partial charge in [-0.2, -0.15) is 0 Å². The van der Waals surface area contributed by atoms with Crippen LogP contribution in [0.5, 0.6) is 0 Å². The molecule has 30 heavy (non-hydrogen) atoms. The Morgan fingerprint density at radius 2 is 1.77 bits per heavy atom. The van der Waals surface area contributed by atoms with Crippen LogP contribution >= 0.6 is 11.6 Å². The molecule has 0 saturated carbocycles. The smallest absolute Gasteiger partial charge is 0.408 e. The van der Waals surface area contributed by atoms with E-state index in [2.05, 4.69) is 5.32 Å². The first-order valence-electron chi connectivity index (χ1n) is 9.58. The van der Waals surface area contributed by atoms with Crippen molar-refractivity contribution in [1.29, 1.82) is 0 Å². The standard InChI is InChI=1S/C23H26ClNO5/c1-22(2,3)30-21(28)25-23(13-8-14-26,18-11-7-12-19(24)15-18)20(27)29-16-17-9-5-4-6-10-17/h4-7,9-12,14-15H,8,13,16H2,1-3H3,(H,25,28)/t23-/m0/s1. The molecule has 0 fully saturated rings. The molecule has 0 saturated heterocycles. The molecule has 0 radical (unpaired) electrons. The van der Waals surface area contributed by atoms with Gasteiger partial charge in [-0.3, -0.25) is 0 Å². The quantitative estimate of drug-likeness (QED) is 0.480. The zero-order chi connectivity index (χ0) is 22.2. The van der Waals surface area contributed by atoms with Crippen LogP contribution in [0.3, 0.4) is 0 Å². The van der Waals surface area contributed by atoms with Gasteiger partial charge in [-0.1, -0.05) is 54.1 Å². The fraction of sp³-hybridized carbons (Fsp3) is 0.348. The number of hydrogen-bond donors (Lipinski definition) is 1. The SMILES string of the molecule is CC(C)(C)OC(=O)N[C@](CCC=O)(C(=O)OCc1ccccc1)c1cccc(Cl)c1. The van der Waals surface area contributed by atoms with Gasteiger partial charge in [-0.25, -0.2) is 9.59 Å². The van der Waals surface area contributed by atoms with Gasteiger partial charge in [0.15, 0.2) is 5.54 Å². The minimum Gasteiger partial charge on any atom is -0.459 e. The van der Waals surface area contributed by atoms with Crippen molar-refractivity contribution in [2.75, 3.05) is 0 Å². The third-order valence-electron chi connectivity index (χ3n) is 4.23. The maximum atomic E-state index is 13.3. The molecule has 1 amide bonds. The molecule has 1 N–H and O–H groups in total. The van der Waals surface area contributed by atoms with Gasteiger partial charge in [0.1, 0.15) is 18.5 Å². The maximum Gasteiger partial charge on any atom is 0.408 e. The average Bonchev–Trinajstić information content (AvgIpc) is 2.68. The lowest BCUT2D eigenvalue weighted by molar-refractivity contribution is -0.154. The van der Waals surface area contributed by atoms with Crippen LogP contribution in [0, 0.1) is 0 Å². The van der Waals surface area contributed by atoms with E-state index in [0.29, 0.717) is 16.9 Å². The first kappa shape index (κ1) is 23.4. The summed E-state index contributed by atoms with van der Waals surface area (Å²) in [6.45, 7) is 5.16. The average molecular weight is 432 g/mol. The molecule has 0 aromatic heterocycles. The monoisotopic (exact) mass is 431 g/mol. The number of nitrogens with one attached hydrogen (secondary N) is 1. The van der Waals surface area contributed by atoms with E-state index in [1.54, 1.807) is 45.0 Å². The van der Waals surface area contributed by atoms with Gasteiger partial charge >= 0.3 is 12.1 Å².